The second kappa shape index (κ2) is 37.2. The first-order valence-electron chi connectivity index (χ1n) is 21.1. The first-order chi connectivity index (χ1) is 22.5. The molecule has 0 aromatic rings. The van der Waals surface area contributed by atoms with E-state index in [1.165, 1.54) is 180 Å². The summed E-state index contributed by atoms with van der Waals surface area (Å²) in [5.41, 5.74) is 0. The minimum atomic E-state index is -0.653. The van der Waals surface area contributed by atoms with Crippen LogP contribution in [-0.2, 0) is 4.79 Å². The Bertz CT molecular complexity index is 595. The van der Waals surface area contributed by atoms with E-state index in [-0.39, 0.29) is 12.5 Å². The summed E-state index contributed by atoms with van der Waals surface area (Å²) in [5, 5.41) is 23.1. The Kier molecular flexibility index (Phi) is 36.7. The molecule has 3 N–H and O–H groups in total. The molecule has 276 valence electrons. The van der Waals surface area contributed by atoms with Gasteiger partial charge in [0.2, 0.25) is 5.91 Å². The van der Waals surface area contributed by atoms with Crippen molar-refractivity contribution in [2.75, 3.05) is 6.61 Å². The number of unbranched alkanes of at least 4 members (excludes halogenated alkanes) is 29. The quantitative estimate of drug-likeness (QED) is 0.0582. The van der Waals surface area contributed by atoms with Crippen molar-refractivity contribution in [1.29, 1.82) is 0 Å². The van der Waals surface area contributed by atoms with Crippen molar-refractivity contribution in [3.05, 3.63) is 0 Å². The summed E-state index contributed by atoms with van der Waals surface area (Å²) in [6, 6.07) is -0.530. The number of amides is 1. The van der Waals surface area contributed by atoms with E-state index in [1.807, 2.05) is 0 Å². The molecule has 0 bridgehead atoms. The third-order valence-electron chi connectivity index (χ3n) is 10.0. The molecule has 2 atom stereocenters. The van der Waals surface area contributed by atoms with E-state index in [2.05, 4.69) is 26.1 Å². The van der Waals surface area contributed by atoms with E-state index in [9.17, 15) is 15.0 Å². The first kappa shape index (κ1) is 45.4. The van der Waals surface area contributed by atoms with Gasteiger partial charge in [-0.25, -0.2) is 0 Å². The summed E-state index contributed by atoms with van der Waals surface area (Å²) in [7, 11) is 0. The van der Waals surface area contributed by atoms with Crippen molar-refractivity contribution in [3.8, 4) is 0 Å². The molecule has 1 amide bonds. The van der Waals surface area contributed by atoms with Crippen LogP contribution in [0.4, 0.5) is 0 Å². The Morgan fingerprint density at radius 1 is 0.478 bits per heavy atom. The summed E-state index contributed by atoms with van der Waals surface area (Å²) in [6.45, 7) is 6.71. The van der Waals surface area contributed by atoms with Gasteiger partial charge in [0, 0.05) is 6.42 Å². The second-order valence-corrected chi connectivity index (χ2v) is 15.3. The SMILES string of the molecule is CCCCCCCCCCCCCCCCCCCCCCCCC(=O)N[C@@H](CO)[C@H](O)CCCCCCCCCCCC(C)C. The molecule has 0 rings (SSSR count). The molecule has 0 radical (unpaired) electrons. The van der Waals surface area contributed by atoms with Gasteiger partial charge in [-0.3, -0.25) is 4.79 Å². The lowest BCUT2D eigenvalue weighted by atomic mass is 10.0. The lowest BCUT2D eigenvalue weighted by molar-refractivity contribution is -0.123. The van der Waals surface area contributed by atoms with E-state index in [1.54, 1.807) is 0 Å². The number of aliphatic hydroxyl groups is 2. The van der Waals surface area contributed by atoms with Crippen LogP contribution in [0.3, 0.4) is 0 Å². The molecular weight excluding hydrogens is 566 g/mol. The van der Waals surface area contributed by atoms with Gasteiger partial charge >= 0.3 is 0 Å². The van der Waals surface area contributed by atoms with Crippen LogP contribution < -0.4 is 5.32 Å². The van der Waals surface area contributed by atoms with Crippen LogP contribution in [0.5, 0.6) is 0 Å². The largest absolute Gasteiger partial charge is 0.394 e. The van der Waals surface area contributed by atoms with Crippen LogP contribution in [0, 0.1) is 5.92 Å². The number of carbonyl (C=O) groups is 1. The van der Waals surface area contributed by atoms with E-state index >= 15 is 0 Å². The zero-order valence-electron chi connectivity index (χ0n) is 31.8. The van der Waals surface area contributed by atoms with Crippen molar-refractivity contribution in [3.63, 3.8) is 0 Å². The van der Waals surface area contributed by atoms with Gasteiger partial charge in [-0.15, -0.1) is 0 Å². The van der Waals surface area contributed by atoms with Crippen molar-refractivity contribution >= 4 is 5.91 Å². The molecule has 0 unspecified atom stereocenters. The summed E-state index contributed by atoms with van der Waals surface area (Å²) in [4.78, 5) is 12.4. The fourth-order valence-corrected chi connectivity index (χ4v) is 6.78. The van der Waals surface area contributed by atoms with Gasteiger partial charge in [-0.1, -0.05) is 220 Å². The standard InChI is InChI=1S/C42H85NO3/c1-4-5-6-7-8-9-10-11-12-13-14-15-16-17-18-19-20-21-25-28-31-34-37-42(46)43-40(38-44)41(45)36-33-30-27-24-22-23-26-29-32-35-39(2)3/h39-41,44-45H,4-38H2,1-3H3,(H,43,46)/t40-,41+/m0/s1. The van der Waals surface area contributed by atoms with Crippen molar-refractivity contribution in [2.24, 2.45) is 5.92 Å². The van der Waals surface area contributed by atoms with Crippen molar-refractivity contribution in [2.45, 2.75) is 251 Å². The van der Waals surface area contributed by atoms with Gasteiger partial charge in [0.15, 0.2) is 0 Å². The van der Waals surface area contributed by atoms with E-state index in [0.717, 1.165) is 31.6 Å². The van der Waals surface area contributed by atoms with E-state index in [0.29, 0.717) is 12.8 Å². The van der Waals surface area contributed by atoms with Gasteiger partial charge < -0.3 is 15.5 Å². The molecule has 0 aliphatic heterocycles. The highest BCUT2D eigenvalue weighted by atomic mass is 16.3. The van der Waals surface area contributed by atoms with Crippen LogP contribution in [0.2, 0.25) is 0 Å². The molecule has 0 saturated carbocycles. The molecule has 0 heterocycles. The van der Waals surface area contributed by atoms with Crippen molar-refractivity contribution in [1.82, 2.24) is 5.32 Å². The predicted octanol–water partition coefficient (Wildman–Crippen LogP) is 12.8. The highest BCUT2D eigenvalue weighted by Crippen LogP contribution is 2.17. The van der Waals surface area contributed by atoms with Gasteiger partial charge in [-0.2, -0.15) is 0 Å². The van der Waals surface area contributed by atoms with Gasteiger partial charge in [0.05, 0.1) is 18.8 Å². The summed E-state index contributed by atoms with van der Waals surface area (Å²) in [6.07, 6.45) is 43.2. The Hall–Kier alpha value is -0.610. The maximum atomic E-state index is 12.4. The molecule has 0 aliphatic rings. The number of carbonyl (C=O) groups excluding carboxylic acids is 1. The fraction of sp³-hybridized carbons (Fsp3) is 0.976. The zero-order valence-corrected chi connectivity index (χ0v) is 31.8. The van der Waals surface area contributed by atoms with Crippen molar-refractivity contribution < 1.29 is 15.0 Å². The summed E-state index contributed by atoms with van der Waals surface area (Å²) < 4.78 is 0. The van der Waals surface area contributed by atoms with Gasteiger partial charge in [0.1, 0.15) is 0 Å². The minimum absolute atomic E-state index is 0.0281. The predicted molar refractivity (Wildman–Crippen MR) is 203 cm³/mol. The maximum absolute atomic E-state index is 12.4. The molecular formula is C42H85NO3. The van der Waals surface area contributed by atoms with Crippen LogP contribution in [0.15, 0.2) is 0 Å². The maximum Gasteiger partial charge on any atom is 0.220 e. The van der Waals surface area contributed by atoms with Crippen LogP contribution >= 0.6 is 0 Å². The molecule has 0 aliphatic carbocycles. The monoisotopic (exact) mass is 652 g/mol. The zero-order chi connectivity index (χ0) is 33.8. The highest BCUT2D eigenvalue weighted by molar-refractivity contribution is 5.76. The molecule has 0 saturated heterocycles. The Balaban J connectivity index is 3.45. The number of rotatable bonds is 38. The molecule has 0 aromatic heterocycles. The number of nitrogens with one attached hydrogen (secondary N) is 1. The van der Waals surface area contributed by atoms with Crippen LogP contribution in [-0.4, -0.2) is 34.9 Å². The fourth-order valence-electron chi connectivity index (χ4n) is 6.78. The van der Waals surface area contributed by atoms with Gasteiger partial charge in [0.25, 0.3) is 0 Å². The lowest BCUT2D eigenvalue weighted by Gasteiger charge is -2.22. The Morgan fingerprint density at radius 3 is 1.11 bits per heavy atom. The number of hydrogen-bond acceptors (Lipinski definition) is 3. The molecule has 46 heavy (non-hydrogen) atoms. The molecule has 0 spiro atoms. The average molecular weight is 652 g/mol. The minimum Gasteiger partial charge on any atom is -0.394 e. The van der Waals surface area contributed by atoms with Gasteiger partial charge in [-0.05, 0) is 18.8 Å². The third kappa shape index (κ3) is 34.7. The highest BCUT2D eigenvalue weighted by Gasteiger charge is 2.20. The Morgan fingerprint density at radius 2 is 0.783 bits per heavy atom. The molecule has 4 heteroatoms. The third-order valence-corrected chi connectivity index (χ3v) is 10.0. The lowest BCUT2D eigenvalue weighted by Crippen LogP contribution is -2.45. The molecule has 4 nitrogen and oxygen atoms in total. The van der Waals surface area contributed by atoms with E-state index in [4.69, 9.17) is 0 Å². The Labute approximate surface area is 289 Å². The topological polar surface area (TPSA) is 69.6 Å². The number of hydrogen-bond donors (Lipinski definition) is 3. The number of aliphatic hydroxyl groups excluding tert-OH is 2. The first-order valence-corrected chi connectivity index (χ1v) is 21.1. The van der Waals surface area contributed by atoms with Crippen LogP contribution in [0.1, 0.15) is 239 Å². The average Bonchev–Trinajstić information content (AvgIpc) is 3.04. The smallest absolute Gasteiger partial charge is 0.220 e. The molecule has 0 fully saturated rings. The normalized spacial score (nSPS) is 13.0. The van der Waals surface area contributed by atoms with E-state index < -0.39 is 12.1 Å². The summed E-state index contributed by atoms with van der Waals surface area (Å²) in [5.74, 6) is 0.803. The summed E-state index contributed by atoms with van der Waals surface area (Å²) >= 11 is 0. The van der Waals surface area contributed by atoms with Crippen LogP contribution in [0.25, 0.3) is 0 Å². The molecule has 0 aromatic carbocycles. The second-order valence-electron chi connectivity index (χ2n) is 15.3.